The van der Waals surface area contributed by atoms with Gasteiger partial charge in [-0.1, -0.05) is 64.0 Å². The van der Waals surface area contributed by atoms with Crippen LogP contribution in [0.5, 0.6) is 11.5 Å². The lowest BCUT2D eigenvalue weighted by Crippen LogP contribution is -1.98. The van der Waals surface area contributed by atoms with Crippen molar-refractivity contribution in [1.29, 1.82) is 0 Å². The number of carbonyl (C=O) groups is 1. The Labute approximate surface area is 190 Å². The van der Waals surface area contributed by atoms with E-state index in [0.29, 0.717) is 23.8 Å². The van der Waals surface area contributed by atoms with Gasteiger partial charge in [0.05, 0.1) is 18.2 Å². The van der Waals surface area contributed by atoms with E-state index in [0.717, 1.165) is 47.4 Å². The molecule has 0 unspecified atom stereocenters. The summed E-state index contributed by atoms with van der Waals surface area (Å²) in [6, 6.07) is 12.8. The molecule has 0 N–H and O–H groups in total. The normalized spacial score (nSPS) is 10.8. The Kier molecular flexibility index (Phi) is 11.8. The maximum absolute atomic E-state index is 12.6. The standard InChI is InChI=1S/C25H33ClO3S/c1-3-5-7-8-9-10-18-29-22-15-16-24(23(26)19-22)30-25(27)20-11-13-21(14-12-20)28-17-6-4-2/h11-16,19H,3-10,17-18H2,1-2H3. The van der Waals surface area contributed by atoms with E-state index in [2.05, 4.69) is 13.8 Å². The lowest BCUT2D eigenvalue weighted by atomic mass is 10.1. The maximum Gasteiger partial charge on any atom is 0.224 e. The zero-order valence-corrected chi connectivity index (χ0v) is 19.7. The van der Waals surface area contributed by atoms with Crippen molar-refractivity contribution in [1.82, 2.24) is 0 Å². The first-order valence-corrected chi connectivity index (χ1v) is 12.2. The molecule has 3 nitrogen and oxygen atoms in total. The first-order valence-electron chi connectivity index (χ1n) is 11.0. The van der Waals surface area contributed by atoms with Crippen LogP contribution in [0.2, 0.25) is 5.02 Å². The smallest absolute Gasteiger partial charge is 0.224 e. The molecule has 0 saturated heterocycles. The van der Waals surface area contributed by atoms with Crippen LogP contribution in [0.25, 0.3) is 0 Å². The maximum atomic E-state index is 12.6. The zero-order chi connectivity index (χ0) is 21.6. The van der Waals surface area contributed by atoms with Gasteiger partial charge in [-0.2, -0.15) is 0 Å². The molecule has 5 heteroatoms. The molecule has 164 valence electrons. The number of thioether (sulfide) groups is 1. The summed E-state index contributed by atoms with van der Waals surface area (Å²) in [4.78, 5) is 13.3. The van der Waals surface area contributed by atoms with Gasteiger partial charge in [0, 0.05) is 10.5 Å². The summed E-state index contributed by atoms with van der Waals surface area (Å²) in [6.07, 6.45) is 9.50. The molecule has 2 aromatic rings. The van der Waals surface area contributed by atoms with Gasteiger partial charge in [0.25, 0.3) is 0 Å². The van der Waals surface area contributed by atoms with Crippen LogP contribution in [0.3, 0.4) is 0 Å². The molecule has 0 fully saturated rings. The summed E-state index contributed by atoms with van der Waals surface area (Å²) >= 11 is 7.51. The molecule has 2 rings (SSSR count). The van der Waals surface area contributed by atoms with Crippen LogP contribution < -0.4 is 9.47 Å². The van der Waals surface area contributed by atoms with E-state index in [4.69, 9.17) is 21.1 Å². The van der Waals surface area contributed by atoms with Crippen LogP contribution in [0.4, 0.5) is 0 Å². The van der Waals surface area contributed by atoms with Gasteiger partial charge in [-0.05, 0) is 67.1 Å². The molecule has 0 radical (unpaired) electrons. The zero-order valence-electron chi connectivity index (χ0n) is 18.1. The van der Waals surface area contributed by atoms with Gasteiger partial charge in [0.2, 0.25) is 5.12 Å². The summed E-state index contributed by atoms with van der Waals surface area (Å²) in [5.41, 5.74) is 0.627. The van der Waals surface area contributed by atoms with Gasteiger partial charge in [-0.15, -0.1) is 0 Å². The number of ether oxygens (including phenoxy) is 2. The average Bonchev–Trinajstić information content (AvgIpc) is 2.75. The minimum atomic E-state index is -0.0437. The van der Waals surface area contributed by atoms with Gasteiger partial charge >= 0.3 is 0 Å². The van der Waals surface area contributed by atoms with Crippen molar-refractivity contribution in [3.05, 3.63) is 53.1 Å². The summed E-state index contributed by atoms with van der Waals surface area (Å²) in [6.45, 7) is 5.74. The second kappa shape index (κ2) is 14.4. The largest absolute Gasteiger partial charge is 0.494 e. The topological polar surface area (TPSA) is 35.5 Å². The minimum absolute atomic E-state index is 0.0437. The van der Waals surface area contributed by atoms with Crippen LogP contribution in [-0.4, -0.2) is 18.3 Å². The Morgan fingerprint density at radius 3 is 2.10 bits per heavy atom. The molecule has 0 heterocycles. The second-order valence-corrected chi connectivity index (χ2v) is 8.75. The Morgan fingerprint density at radius 1 is 0.800 bits per heavy atom. The molecule has 0 amide bonds. The first kappa shape index (κ1) is 24.6. The van der Waals surface area contributed by atoms with Gasteiger partial charge in [-0.25, -0.2) is 0 Å². The molecule has 0 aromatic heterocycles. The number of halogens is 1. The Morgan fingerprint density at radius 2 is 1.40 bits per heavy atom. The Balaban J connectivity index is 1.80. The third-order valence-electron chi connectivity index (χ3n) is 4.73. The number of carbonyl (C=O) groups excluding carboxylic acids is 1. The SMILES string of the molecule is CCCCCCCCOc1ccc(SC(=O)c2ccc(OCCCC)cc2)c(Cl)c1. The van der Waals surface area contributed by atoms with Crippen molar-refractivity contribution in [2.45, 2.75) is 70.1 Å². The van der Waals surface area contributed by atoms with Crippen molar-refractivity contribution in [2.75, 3.05) is 13.2 Å². The summed E-state index contributed by atoms with van der Waals surface area (Å²) in [5, 5.41) is 0.492. The molecule has 0 aliphatic heterocycles. The van der Waals surface area contributed by atoms with Crippen molar-refractivity contribution in [2.24, 2.45) is 0 Å². The quantitative estimate of drug-likeness (QED) is 0.215. The third kappa shape index (κ3) is 9.01. The molecule has 30 heavy (non-hydrogen) atoms. The lowest BCUT2D eigenvalue weighted by molar-refractivity contribution is 0.108. The van der Waals surface area contributed by atoms with Gasteiger partial charge in [-0.3, -0.25) is 4.79 Å². The fourth-order valence-electron chi connectivity index (χ4n) is 2.91. The van der Waals surface area contributed by atoms with E-state index in [9.17, 15) is 4.79 Å². The third-order valence-corrected chi connectivity index (χ3v) is 6.15. The number of rotatable bonds is 14. The highest BCUT2D eigenvalue weighted by Crippen LogP contribution is 2.33. The monoisotopic (exact) mass is 448 g/mol. The van der Waals surface area contributed by atoms with Gasteiger partial charge in [0.15, 0.2) is 0 Å². The molecule has 0 atom stereocenters. The van der Waals surface area contributed by atoms with E-state index >= 15 is 0 Å². The highest BCUT2D eigenvalue weighted by atomic mass is 35.5. The highest BCUT2D eigenvalue weighted by molar-refractivity contribution is 8.14. The van der Waals surface area contributed by atoms with Crippen LogP contribution in [-0.2, 0) is 0 Å². The molecule has 0 saturated carbocycles. The van der Waals surface area contributed by atoms with E-state index in [1.807, 2.05) is 24.3 Å². The van der Waals surface area contributed by atoms with E-state index in [-0.39, 0.29) is 5.12 Å². The second-order valence-electron chi connectivity index (χ2n) is 7.32. The lowest BCUT2D eigenvalue weighted by Gasteiger charge is -2.09. The van der Waals surface area contributed by atoms with E-state index in [1.54, 1.807) is 18.2 Å². The van der Waals surface area contributed by atoms with Crippen molar-refractivity contribution < 1.29 is 14.3 Å². The predicted octanol–water partition coefficient (Wildman–Crippen LogP) is 8.19. The first-order chi connectivity index (χ1) is 14.6. The number of hydrogen-bond acceptors (Lipinski definition) is 4. The number of benzene rings is 2. The average molecular weight is 449 g/mol. The number of hydrogen-bond donors (Lipinski definition) is 0. The van der Waals surface area contributed by atoms with Crippen LogP contribution >= 0.6 is 23.4 Å². The minimum Gasteiger partial charge on any atom is -0.494 e. The number of unbranched alkanes of at least 4 members (excludes halogenated alkanes) is 6. The molecule has 0 bridgehead atoms. The summed E-state index contributed by atoms with van der Waals surface area (Å²) in [5.74, 6) is 1.54. The summed E-state index contributed by atoms with van der Waals surface area (Å²) < 4.78 is 11.4. The molecular weight excluding hydrogens is 416 g/mol. The molecule has 0 aliphatic carbocycles. The van der Waals surface area contributed by atoms with E-state index < -0.39 is 0 Å². The summed E-state index contributed by atoms with van der Waals surface area (Å²) in [7, 11) is 0. The Bertz CT molecular complexity index is 761. The predicted molar refractivity (Wildman–Crippen MR) is 127 cm³/mol. The fourth-order valence-corrected chi connectivity index (χ4v) is 3.94. The van der Waals surface area contributed by atoms with Crippen LogP contribution in [0.15, 0.2) is 47.4 Å². The van der Waals surface area contributed by atoms with E-state index in [1.165, 1.54) is 32.1 Å². The fraction of sp³-hybridized carbons (Fsp3) is 0.480. The molecule has 2 aromatic carbocycles. The van der Waals surface area contributed by atoms with Crippen LogP contribution in [0.1, 0.15) is 75.6 Å². The van der Waals surface area contributed by atoms with Crippen molar-refractivity contribution in [3.8, 4) is 11.5 Å². The molecule has 0 spiro atoms. The molecule has 0 aliphatic rings. The highest BCUT2D eigenvalue weighted by Gasteiger charge is 2.12. The van der Waals surface area contributed by atoms with Crippen LogP contribution in [0, 0.1) is 0 Å². The van der Waals surface area contributed by atoms with Gasteiger partial charge < -0.3 is 9.47 Å². The van der Waals surface area contributed by atoms with Crippen molar-refractivity contribution >= 4 is 28.5 Å². The van der Waals surface area contributed by atoms with Crippen molar-refractivity contribution in [3.63, 3.8) is 0 Å². The van der Waals surface area contributed by atoms with Gasteiger partial charge in [0.1, 0.15) is 11.5 Å². The Hall–Kier alpha value is -1.65. The molecular formula is C25H33ClO3S.